The molecule has 0 amide bonds. The van der Waals surface area contributed by atoms with Crippen molar-refractivity contribution in [1.82, 2.24) is 10.3 Å². The zero-order chi connectivity index (χ0) is 13.0. The molecule has 2 aromatic rings. The molecule has 0 aliphatic heterocycles. The molecule has 1 N–H and O–H groups in total. The summed E-state index contributed by atoms with van der Waals surface area (Å²) in [6, 6.07) is 5.30. The summed E-state index contributed by atoms with van der Waals surface area (Å²) >= 11 is 12.0. The molecule has 0 saturated carbocycles. The predicted molar refractivity (Wildman–Crippen MR) is 74.0 cm³/mol. The van der Waals surface area contributed by atoms with Crippen molar-refractivity contribution in [2.75, 3.05) is 6.54 Å². The van der Waals surface area contributed by atoms with Crippen LogP contribution in [0, 0.1) is 0 Å². The maximum absolute atomic E-state index is 6.11. The highest BCUT2D eigenvalue weighted by molar-refractivity contribution is 6.36. The van der Waals surface area contributed by atoms with Gasteiger partial charge in [-0.25, -0.2) is 4.98 Å². The Labute approximate surface area is 116 Å². The Bertz CT molecular complexity index is 525. The highest BCUT2D eigenvalue weighted by Crippen LogP contribution is 2.30. The molecule has 3 nitrogen and oxygen atoms in total. The monoisotopic (exact) mass is 284 g/mol. The van der Waals surface area contributed by atoms with Gasteiger partial charge in [-0.3, -0.25) is 0 Å². The van der Waals surface area contributed by atoms with Gasteiger partial charge in [0.2, 0.25) is 5.89 Å². The van der Waals surface area contributed by atoms with Crippen LogP contribution in [-0.4, -0.2) is 11.5 Å². The van der Waals surface area contributed by atoms with E-state index in [1.165, 1.54) is 0 Å². The van der Waals surface area contributed by atoms with Crippen LogP contribution in [0.1, 0.15) is 19.2 Å². The maximum Gasteiger partial charge on any atom is 0.208 e. The van der Waals surface area contributed by atoms with Crippen LogP contribution < -0.4 is 5.32 Å². The average Bonchev–Trinajstić information content (AvgIpc) is 2.78. The molecule has 2 rings (SSSR count). The second kappa shape index (κ2) is 6.23. The zero-order valence-electron chi connectivity index (χ0n) is 10.0. The van der Waals surface area contributed by atoms with E-state index in [2.05, 4.69) is 17.2 Å². The third-order valence-electron chi connectivity index (χ3n) is 2.45. The van der Waals surface area contributed by atoms with Gasteiger partial charge in [0.25, 0.3) is 0 Å². The number of nitrogens with zero attached hydrogens (tertiary/aromatic N) is 1. The van der Waals surface area contributed by atoms with Crippen LogP contribution in [-0.2, 0) is 6.54 Å². The molecule has 0 saturated heterocycles. The summed E-state index contributed by atoms with van der Waals surface area (Å²) < 4.78 is 5.64. The number of aromatic nitrogens is 1. The molecule has 0 bridgehead atoms. The molecule has 0 fully saturated rings. The maximum atomic E-state index is 6.11. The third-order valence-corrected chi connectivity index (χ3v) is 3.00. The fraction of sp³-hybridized carbons (Fsp3) is 0.308. The quantitative estimate of drug-likeness (QED) is 0.839. The largest absolute Gasteiger partial charge is 0.439 e. The Balaban J connectivity index is 2.13. The molecule has 0 unspecified atom stereocenters. The van der Waals surface area contributed by atoms with Crippen molar-refractivity contribution in [3.8, 4) is 11.3 Å². The molecular formula is C13H14Cl2N2O. The number of hydrogen-bond donors (Lipinski definition) is 1. The van der Waals surface area contributed by atoms with Crippen LogP contribution >= 0.6 is 23.2 Å². The molecule has 5 heteroatoms. The number of oxazole rings is 1. The second-order valence-corrected chi connectivity index (χ2v) is 4.76. The molecule has 1 heterocycles. The van der Waals surface area contributed by atoms with Crippen LogP contribution in [0.25, 0.3) is 11.3 Å². The minimum Gasteiger partial charge on any atom is -0.439 e. The predicted octanol–water partition coefficient (Wildman–Crippen LogP) is 4.15. The van der Waals surface area contributed by atoms with Gasteiger partial charge in [0, 0.05) is 10.6 Å². The lowest BCUT2D eigenvalue weighted by Crippen LogP contribution is -2.13. The molecule has 18 heavy (non-hydrogen) atoms. The lowest BCUT2D eigenvalue weighted by Gasteiger charge is -2.01. The van der Waals surface area contributed by atoms with Gasteiger partial charge in [0.15, 0.2) is 5.76 Å². The molecular weight excluding hydrogens is 271 g/mol. The van der Waals surface area contributed by atoms with Gasteiger partial charge in [0.05, 0.1) is 17.8 Å². The van der Waals surface area contributed by atoms with E-state index in [1.54, 1.807) is 18.3 Å². The summed E-state index contributed by atoms with van der Waals surface area (Å²) in [4.78, 5) is 4.21. The van der Waals surface area contributed by atoms with E-state index in [0.717, 1.165) is 18.5 Å². The fourth-order valence-electron chi connectivity index (χ4n) is 1.58. The second-order valence-electron chi connectivity index (χ2n) is 3.92. The number of halogens is 2. The highest BCUT2D eigenvalue weighted by atomic mass is 35.5. The van der Waals surface area contributed by atoms with E-state index in [1.807, 2.05) is 6.07 Å². The smallest absolute Gasteiger partial charge is 0.208 e. The van der Waals surface area contributed by atoms with Crippen molar-refractivity contribution in [1.29, 1.82) is 0 Å². The molecule has 0 spiro atoms. The van der Waals surface area contributed by atoms with Crippen LogP contribution in [0.5, 0.6) is 0 Å². The van der Waals surface area contributed by atoms with Crippen LogP contribution in [0.15, 0.2) is 28.8 Å². The van der Waals surface area contributed by atoms with Crippen molar-refractivity contribution in [3.05, 3.63) is 40.3 Å². The Morgan fingerprint density at radius 1 is 1.33 bits per heavy atom. The Hall–Kier alpha value is -1.03. The van der Waals surface area contributed by atoms with E-state index in [0.29, 0.717) is 28.2 Å². The summed E-state index contributed by atoms with van der Waals surface area (Å²) in [7, 11) is 0. The van der Waals surface area contributed by atoms with E-state index in [9.17, 15) is 0 Å². The molecule has 1 aromatic carbocycles. The minimum atomic E-state index is 0.562. The normalized spacial score (nSPS) is 10.8. The first kappa shape index (κ1) is 13.4. The molecule has 0 atom stereocenters. The minimum absolute atomic E-state index is 0.562. The van der Waals surface area contributed by atoms with Crippen molar-refractivity contribution < 1.29 is 4.42 Å². The summed E-state index contributed by atoms with van der Waals surface area (Å²) in [6.07, 6.45) is 2.76. The van der Waals surface area contributed by atoms with Gasteiger partial charge in [-0.15, -0.1) is 0 Å². The standard InChI is InChI=1S/C13H14Cl2N2O/c1-2-5-16-8-13-17-7-12(18-13)10-4-3-9(14)6-11(10)15/h3-4,6-7,16H,2,5,8H2,1H3. The third kappa shape index (κ3) is 3.25. The summed E-state index contributed by atoms with van der Waals surface area (Å²) in [5.41, 5.74) is 0.801. The highest BCUT2D eigenvalue weighted by Gasteiger charge is 2.10. The first-order valence-electron chi connectivity index (χ1n) is 5.81. The SMILES string of the molecule is CCCNCc1ncc(-c2ccc(Cl)cc2Cl)o1. The van der Waals surface area contributed by atoms with Gasteiger partial charge in [0.1, 0.15) is 0 Å². The van der Waals surface area contributed by atoms with Crippen molar-refractivity contribution in [3.63, 3.8) is 0 Å². The summed E-state index contributed by atoms with van der Waals surface area (Å²) in [6.45, 7) is 3.68. The number of rotatable bonds is 5. The van der Waals surface area contributed by atoms with Crippen LogP contribution in [0.3, 0.4) is 0 Å². The average molecular weight is 285 g/mol. The zero-order valence-corrected chi connectivity index (χ0v) is 11.6. The van der Waals surface area contributed by atoms with Gasteiger partial charge < -0.3 is 9.73 Å². The van der Waals surface area contributed by atoms with Gasteiger partial charge in [-0.1, -0.05) is 30.1 Å². The summed E-state index contributed by atoms with van der Waals surface area (Å²) in [5, 5.41) is 4.40. The Morgan fingerprint density at radius 3 is 2.89 bits per heavy atom. The van der Waals surface area contributed by atoms with Crippen molar-refractivity contribution >= 4 is 23.2 Å². The molecule has 1 aromatic heterocycles. The first-order valence-corrected chi connectivity index (χ1v) is 6.57. The molecule has 96 valence electrons. The molecule has 0 radical (unpaired) electrons. The Kier molecular flexibility index (Phi) is 4.64. The van der Waals surface area contributed by atoms with E-state index in [-0.39, 0.29) is 0 Å². The molecule has 0 aliphatic carbocycles. The fourth-order valence-corrected chi connectivity index (χ4v) is 2.08. The van der Waals surface area contributed by atoms with Crippen molar-refractivity contribution in [2.45, 2.75) is 19.9 Å². The lowest BCUT2D eigenvalue weighted by atomic mass is 10.2. The first-order chi connectivity index (χ1) is 8.70. The van der Waals surface area contributed by atoms with Crippen LogP contribution in [0.2, 0.25) is 10.0 Å². The molecule has 0 aliphatic rings. The van der Waals surface area contributed by atoms with E-state index in [4.69, 9.17) is 27.6 Å². The van der Waals surface area contributed by atoms with Gasteiger partial charge >= 0.3 is 0 Å². The number of hydrogen-bond acceptors (Lipinski definition) is 3. The lowest BCUT2D eigenvalue weighted by molar-refractivity contribution is 0.478. The number of nitrogens with one attached hydrogen (secondary N) is 1. The number of benzene rings is 1. The van der Waals surface area contributed by atoms with Gasteiger partial charge in [-0.2, -0.15) is 0 Å². The Morgan fingerprint density at radius 2 is 2.17 bits per heavy atom. The van der Waals surface area contributed by atoms with Gasteiger partial charge in [-0.05, 0) is 31.2 Å². The van der Waals surface area contributed by atoms with E-state index < -0.39 is 0 Å². The topological polar surface area (TPSA) is 38.1 Å². The van der Waals surface area contributed by atoms with Crippen LogP contribution in [0.4, 0.5) is 0 Å². The van der Waals surface area contributed by atoms with E-state index >= 15 is 0 Å². The van der Waals surface area contributed by atoms with Crippen molar-refractivity contribution in [2.24, 2.45) is 0 Å². The summed E-state index contributed by atoms with van der Waals surface area (Å²) in [5.74, 6) is 1.31.